The molecule has 3 rings (SSSR count). The number of fused-ring (bicyclic) bond motifs is 1. The Morgan fingerprint density at radius 3 is 2.57 bits per heavy atom. The third-order valence-electron chi connectivity index (χ3n) is 3.71. The molecule has 3 atom stereocenters. The zero-order valence-electron chi connectivity index (χ0n) is 10.9. The first-order valence-corrected chi connectivity index (χ1v) is 6.23. The van der Waals surface area contributed by atoms with Crippen molar-refractivity contribution in [2.75, 3.05) is 18.9 Å². The molecule has 1 aliphatic heterocycles. The first-order valence-electron chi connectivity index (χ1n) is 6.23. The minimum absolute atomic E-state index is 0.169. The van der Waals surface area contributed by atoms with Gasteiger partial charge in [-0.25, -0.2) is 15.0 Å². The Morgan fingerprint density at radius 1 is 1.24 bits per heavy atom. The molecule has 0 bridgehead atoms. The zero-order valence-corrected chi connectivity index (χ0v) is 10.9. The van der Waals surface area contributed by atoms with Gasteiger partial charge in [-0.1, -0.05) is 0 Å². The van der Waals surface area contributed by atoms with E-state index in [4.69, 9.17) is 10.5 Å². The standard InChI is InChI=1S/C11H15N5O5/c12-8-5-9(14-3-13-8)16(4-15-5)10-6(19)7(20)11(1-17,2-18)21-10/h3-4,6-7,10,17-20H,1-2H2,(H2,12,13,14)/t6-,7+,10-/m1/s1. The third kappa shape index (κ3) is 1.88. The molecule has 2 aromatic rings. The molecule has 0 aromatic carbocycles. The maximum absolute atomic E-state index is 10.1. The van der Waals surface area contributed by atoms with Crippen LogP contribution < -0.4 is 5.73 Å². The lowest BCUT2D eigenvalue weighted by Crippen LogP contribution is -2.49. The van der Waals surface area contributed by atoms with E-state index in [2.05, 4.69) is 15.0 Å². The Hall–Kier alpha value is -1.85. The lowest BCUT2D eigenvalue weighted by atomic mass is 9.97. The molecule has 0 aliphatic carbocycles. The molecule has 0 amide bonds. The molecular formula is C11H15N5O5. The van der Waals surface area contributed by atoms with Crippen LogP contribution in [0.3, 0.4) is 0 Å². The van der Waals surface area contributed by atoms with Crippen molar-refractivity contribution in [3.63, 3.8) is 0 Å². The molecule has 10 nitrogen and oxygen atoms in total. The van der Waals surface area contributed by atoms with Crippen molar-refractivity contribution in [1.82, 2.24) is 19.5 Å². The lowest BCUT2D eigenvalue weighted by Gasteiger charge is -2.27. The number of nitrogens with zero attached hydrogens (tertiary/aromatic N) is 4. The molecule has 2 aromatic heterocycles. The predicted octanol–water partition coefficient (Wildman–Crippen LogP) is -2.62. The summed E-state index contributed by atoms with van der Waals surface area (Å²) in [6, 6.07) is 0. The van der Waals surface area contributed by atoms with Gasteiger partial charge in [0.05, 0.1) is 19.5 Å². The zero-order chi connectivity index (χ0) is 15.2. The summed E-state index contributed by atoms with van der Waals surface area (Å²) in [5, 5.41) is 38.9. The van der Waals surface area contributed by atoms with E-state index in [9.17, 15) is 20.4 Å². The summed E-state index contributed by atoms with van der Waals surface area (Å²) in [5.74, 6) is 0.169. The van der Waals surface area contributed by atoms with Crippen LogP contribution >= 0.6 is 0 Å². The molecule has 0 spiro atoms. The minimum Gasteiger partial charge on any atom is -0.393 e. The van der Waals surface area contributed by atoms with Gasteiger partial charge in [0.15, 0.2) is 17.7 Å². The van der Waals surface area contributed by atoms with Crippen molar-refractivity contribution in [2.45, 2.75) is 24.0 Å². The molecule has 3 heterocycles. The van der Waals surface area contributed by atoms with E-state index in [0.717, 1.165) is 0 Å². The molecule has 114 valence electrons. The number of hydrogen-bond acceptors (Lipinski definition) is 9. The van der Waals surface area contributed by atoms with E-state index in [-0.39, 0.29) is 5.82 Å². The summed E-state index contributed by atoms with van der Waals surface area (Å²) < 4.78 is 6.86. The number of nitrogens with two attached hydrogens (primary N) is 1. The molecule has 0 radical (unpaired) electrons. The van der Waals surface area contributed by atoms with Crippen molar-refractivity contribution in [2.24, 2.45) is 0 Å². The van der Waals surface area contributed by atoms with Gasteiger partial charge in [-0.15, -0.1) is 0 Å². The molecule has 0 unspecified atom stereocenters. The fraction of sp³-hybridized carbons (Fsp3) is 0.545. The predicted molar refractivity (Wildman–Crippen MR) is 68.8 cm³/mol. The monoisotopic (exact) mass is 297 g/mol. The summed E-state index contributed by atoms with van der Waals surface area (Å²) >= 11 is 0. The number of aromatic nitrogens is 4. The van der Waals surface area contributed by atoms with Crippen LogP contribution in [0.4, 0.5) is 5.82 Å². The van der Waals surface area contributed by atoms with Crippen molar-refractivity contribution in [3.05, 3.63) is 12.7 Å². The Balaban J connectivity index is 2.06. The molecule has 1 saturated heterocycles. The first kappa shape index (κ1) is 14.1. The second kappa shape index (κ2) is 4.86. The summed E-state index contributed by atoms with van der Waals surface area (Å²) in [7, 11) is 0. The second-order valence-corrected chi connectivity index (χ2v) is 4.91. The highest BCUT2D eigenvalue weighted by molar-refractivity contribution is 5.81. The quantitative estimate of drug-likeness (QED) is 0.408. The summed E-state index contributed by atoms with van der Waals surface area (Å²) in [6.45, 7) is -1.30. The number of rotatable bonds is 3. The molecule has 1 aliphatic rings. The Morgan fingerprint density at radius 2 is 1.95 bits per heavy atom. The maximum Gasteiger partial charge on any atom is 0.167 e. The van der Waals surface area contributed by atoms with Gasteiger partial charge in [-0.2, -0.15) is 0 Å². The first-order chi connectivity index (χ1) is 10.0. The average molecular weight is 297 g/mol. The van der Waals surface area contributed by atoms with Crippen molar-refractivity contribution in [1.29, 1.82) is 0 Å². The Labute approximate surface area is 118 Å². The maximum atomic E-state index is 10.1. The summed E-state index contributed by atoms with van der Waals surface area (Å²) in [4.78, 5) is 11.9. The summed E-state index contributed by atoms with van der Waals surface area (Å²) in [6.07, 6.45) is -1.34. The molecular weight excluding hydrogens is 282 g/mol. The SMILES string of the molecule is Nc1ncnc2c1ncn2[C@@H]1OC(CO)(CO)[C@@H](O)[C@H]1O. The molecule has 10 heteroatoms. The molecule has 6 N–H and O–H groups in total. The van der Waals surface area contributed by atoms with Crippen LogP contribution in [0.15, 0.2) is 12.7 Å². The van der Waals surface area contributed by atoms with E-state index in [1.54, 1.807) is 0 Å². The number of ether oxygens (including phenoxy) is 1. The van der Waals surface area contributed by atoms with Crippen molar-refractivity contribution >= 4 is 17.0 Å². The van der Waals surface area contributed by atoms with Crippen LogP contribution in [0, 0.1) is 0 Å². The molecule has 21 heavy (non-hydrogen) atoms. The fourth-order valence-corrected chi connectivity index (χ4v) is 2.44. The van der Waals surface area contributed by atoms with E-state index in [1.165, 1.54) is 17.2 Å². The van der Waals surface area contributed by atoms with Crippen molar-refractivity contribution < 1.29 is 25.2 Å². The highest BCUT2D eigenvalue weighted by Gasteiger charge is 2.54. The highest BCUT2D eigenvalue weighted by atomic mass is 16.6. The van der Waals surface area contributed by atoms with Crippen LogP contribution in [0.25, 0.3) is 11.2 Å². The van der Waals surface area contributed by atoms with Crippen LogP contribution in [-0.4, -0.2) is 71.0 Å². The second-order valence-electron chi connectivity index (χ2n) is 4.91. The average Bonchev–Trinajstić information content (AvgIpc) is 3.02. The molecule has 0 saturated carbocycles. The van der Waals surface area contributed by atoms with Gasteiger partial charge in [-0.3, -0.25) is 4.57 Å². The van der Waals surface area contributed by atoms with Crippen LogP contribution in [0.5, 0.6) is 0 Å². The van der Waals surface area contributed by atoms with Crippen LogP contribution in [0.1, 0.15) is 6.23 Å². The Bertz CT molecular complexity index is 657. The Kier molecular flexibility index (Phi) is 3.26. The molecule has 1 fully saturated rings. The number of anilines is 1. The van der Waals surface area contributed by atoms with Gasteiger partial charge in [0.2, 0.25) is 0 Å². The third-order valence-corrected chi connectivity index (χ3v) is 3.71. The van der Waals surface area contributed by atoms with E-state index >= 15 is 0 Å². The minimum atomic E-state index is -1.65. The van der Waals surface area contributed by atoms with Crippen molar-refractivity contribution in [3.8, 4) is 0 Å². The van der Waals surface area contributed by atoms with E-state index in [0.29, 0.717) is 11.2 Å². The number of imidazole rings is 1. The van der Waals surface area contributed by atoms with Crippen LogP contribution in [-0.2, 0) is 4.74 Å². The largest absolute Gasteiger partial charge is 0.393 e. The summed E-state index contributed by atoms with van der Waals surface area (Å²) in [5.41, 5.74) is 4.66. The smallest absolute Gasteiger partial charge is 0.167 e. The van der Waals surface area contributed by atoms with Gasteiger partial charge in [0.25, 0.3) is 0 Å². The lowest BCUT2D eigenvalue weighted by molar-refractivity contribution is -0.149. The topological polar surface area (TPSA) is 160 Å². The van der Waals surface area contributed by atoms with E-state index in [1.807, 2.05) is 0 Å². The van der Waals surface area contributed by atoms with Gasteiger partial charge in [0, 0.05) is 0 Å². The number of hydrogen-bond donors (Lipinski definition) is 5. The fourth-order valence-electron chi connectivity index (χ4n) is 2.44. The van der Waals surface area contributed by atoms with Gasteiger partial charge >= 0.3 is 0 Å². The number of nitrogen functional groups attached to an aromatic ring is 1. The van der Waals surface area contributed by atoms with Gasteiger partial charge in [-0.05, 0) is 0 Å². The number of aliphatic hydroxyl groups is 4. The van der Waals surface area contributed by atoms with Gasteiger partial charge in [0.1, 0.15) is 29.7 Å². The number of aliphatic hydroxyl groups excluding tert-OH is 4. The van der Waals surface area contributed by atoms with Crippen LogP contribution in [0.2, 0.25) is 0 Å². The van der Waals surface area contributed by atoms with Gasteiger partial charge < -0.3 is 30.9 Å². The highest BCUT2D eigenvalue weighted by Crippen LogP contribution is 2.38. The normalized spacial score (nSPS) is 28.3. The van der Waals surface area contributed by atoms with E-state index < -0.39 is 37.3 Å².